The van der Waals surface area contributed by atoms with E-state index in [4.69, 9.17) is 4.74 Å². The highest BCUT2D eigenvalue weighted by molar-refractivity contribution is 8.01. The van der Waals surface area contributed by atoms with E-state index in [-0.39, 0.29) is 0 Å². The molecule has 0 amide bonds. The maximum Gasteiger partial charge on any atom is 0.142 e. The molecule has 2 aromatic rings. The first-order chi connectivity index (χ1) is 11.2. The Labute approximate surface area is 146 Å². The number of quaternary nitrogens is 1. The molecule has 0 radical (unpaired) electrons. The number of hydroxylamine groups is 2. The molecule has 1 aromatic carbocycles. The minimum atomic E-state index is 0.420. The molecule has 1 aliphatic carbocycles. The lowest BCUT2D eigenvalue weighted by Gasteiger charge is -2.24. The SMILES string of the molecule is COc1ccc(Sc2ccc(C[NH+](O)C3CCCCC3)s2)cc1. The summed E-state index contributed by atoms with van der Waals surface area (Å²) in [5, 5.41) is 11.1. The van der Waals surface area contributed by atoms with Gasteiger partial charge in [-0.3, -0.25) is 0 Å². The molecule has 5 heteroatoms. The van der Waals surface area contributed by atoms with Crippen molar-refractivity contribution in [3.8, 4) is 5.75 Å². The zero-order valence-electron chi connectivity index (χ0n) is 13.5. The van der Waals surface area contributed by atoms with E-state index >= 15 is 0 Å². The van der Waals surface area contributed by atoms with Crippen molar-refractivity contribution >= 4 is 23.1 Å². The smallest absolute Gasteiger partial charge is 0.142 e. The zero-order chi connectivity index (χ0) is 16.1. The fourth-order valence-corrected chi connectivity index (χ4v) is 5.19. The molecule has 0 bridgehead atoms. The van der Waals surface area contributed by atoms with Crippen LogP contribution in [-0.2, 0) is 6.54 Å². The second-order valence-corrected chi connectivity index (χ2v) is 8.54. The Hall–Kier alpha value is -1.01. The number of methoxy groups -OCH3 is 1. The van der Waals surface area contributed by atoms with E-state index in [1.807, 2.05) is 12.1 Å². The van der Waals surface area contributed by atoms with Crippen LogP contribution in [0.5, 0.6) is 5.75 Å². The molecule has 1 atom stereocenters. The summed E-state index contributed by atoms with van der Waals surface area (Å²) >= 11 is 3.54. The number of thiophene rings is 1. The van der Waals surface area contributed by atoms with Crippen LogP contribution in [0.25, 0.3) is 0 Å². The molecule has 2 N–H and O–H groups in total. The third-order valence-corrected chi connectivity index (χ3v) is 6.57. The molecule has 0 saturated heterocycles. The van der Waals surface area contributed by atoms with Gasteiger partial charge in [0.05, 0.1) is 16.2 Å². The maximum absolute atomic E-state index is 10.4. The molecule has 3 rings (SSSR count). The first kappa shape index (κ1) is 16.8. The number of hydrogen-bond donors (Lipinski definition) is 2. The van der Waals surface area contributed by atoms with E-state index in [9.17, 15) is 5.21 Å². The average Bonchev–Trinajstić information content (AvgIpc) is 3.03. The normalized spacial score (nSPS) is 17.1. The van der Waals surface area contributed by atoms with Crippen LogP contribution in [0, 0.1) is 0 Å². The molecule has 1 fully saturated rings. The topological polar surface area (TPSA) is 33.9 Å². The van der Waals surface area contributed by atoms with Crippen molar-refractivity contribution in [1.29, 1.82) is 0 Å². The predicted molar refractivity (Wildman–Crippen MR) is 94.8 cm³/mol. The van der Waals surface area contributed by atoms with Crippen molar-refractivity contribution < 1.29 is 15.0 Å². The summed E-state index contributed by atoms with van der Waals surface area (Å²) in [6.45, 7) is 0.721. The van der Waals surface area contributed by atoms with Gasteiger partial charge < -0.3 is 4.74 Å². The van der Waals surface area contributed by atoms with Crippen LogP contribution in [-0.4, -0.2) is 18.4 Å². The molecular formula is C18H24NO2S2+. The van der Waals surface area contributed by atoms with Gasteiger partial charge in [-0.15, -0.1) is 11.3 Å². The Balaban J connectivity index is 1.56. The van der Waals surface area contributed by atoms with Gasteiger partial charge in [0, 0.05) is 17.7 Å². The van der Waals surface area contributed by atoms with Crippen molar-refractivity contribution in [2.24, 2.45) is 0 Å². The molecule has 23 heavy (non-hydrogen) atoms. The van der Waals surface area contributed by atoms with Gasteiger partial charge in [0.2, 0.25) is 0 Å². The minimum Gasteiger partial charge on any atom is -0.497 e. The molecule has 1 unspecified atom stereocenters. The molecule has 3 nitrogen and oxygen atoms in total. The van der Waals surface area contributed by atoms with Crippen molar-refractivity contribution in [3.05, 3.63) is 41.3 Å². The van der Waals surface area contributed by atoms with Crippen LogP contribution in [0.15, 0.2) is 45.5 Å². The summed E-state index contributed by atoms with van der Waals surface area (Å²) in [4.78, 5) is 2.46. The Morgan fingerprint density at radius 3 is 2.57 bits per heavy atom. The Morgan fingerprint density at radius 1 is 1.13 bits per heavy atom. The maximum atomic E-state index is 10.4. The predicted octanol–water partition coefficient (Wildman–Crippen LogP) is 4.01. The third-order valence-electron chi connectivity index (χ3n) is 4.35. The van der Waals surface area contributed by atoms with Crippen molar-refractivity contribution in [3.63, 3.8) is 0 Å². The van der Waals surface area contributed by atoms with E-state index in [1.165, 1.54) is 33.2 Å². The third kappa shape index (κ3) is 4.73. The second kappa shape index (κ2) is 8.20. The molecule has 124 valence electrons. The van der Waals surface area contributed by atoms with Gasteiger partial charge in [-0.1, -0.05) is 18.2 Å². The van der Waals surface area contributed by atoms with Crippen molar-refractivity contribution in [2.45, 2.75) is 53.8 Å². The summed E-state index contributed by atoms with van der Waals surface area (Å²) in [5.41, 5.74) is 0. The van der Waals surface area contributed by atoms with Crippen LogP contribution in [0.3, 0.4) is 0 Å². The first-order valence-corrected chi connectivity index (χ1v) is 9.83. The van der Waals surface area contributed by atoms with Gasteiger partial charge in [0.25, 0.3) is 0 Å². The van der Waals surface area contributed by atoms with Crippen molar-refractivity contribution in [2.75, 3.05) is 7.11 Å². The van der Waals surface area contributed by atoms with Crippen molar-refractivity contribution in [1.82, 2.24) is 0 Å². The van der Waals surface area contributed by atoms with Gasteiger partial charge in [-0.25, -0.2) is 5.21 Å². The summed E-state index contributed by atoms with van der Waals surface area (Å²) in [5.74, 6) is 0.883. The highest BCUT2D eigenvalue weighted by atomic mass is 32.2. The Morgan fingerprint density at radius 2 is 1.87 bits per heavy atom. The van der Waals surface area contributed by atoms with Gasteiger partial charge >= 0.3 is 0 Å². The Kier molecular flexibility index (Phi) is 6.00. The van der Waals surface area contributed by atoms with Crippen LogP contribution in [0.1, 0.15) is 37.0 Å². The number of benzene rings is 1. The lowest BCUT2D eigenvalue weighted by molar-refractivity contribution is -1.12. The van der Waals surface area contributed by atoms with Crippen LogP contribution in [0.4, 0.5) is 0 Å². The molecule has 1 saturated carbocycles. The summed E-state index contributed by atoms with van der Waals surface area (Å²) in [7, 11) is 1.68. The highest BCUT2D eigenvalue weighted by Gasteiger charge is 2.24. The molecule has 0 aliphatic heterocycles. The molecular weight excluding hydrogens is 326 g/mol. The van der Waals surface area contributed by atoms with Gasteiger partial charge in [0.15, 0.2) is 0 Å². The standard InChI is InChI=1S/C18H23NO2S2/c1-21-15-7-9-16(10-8-15)22-18-12-11-17(23-18)13-19(20)14-5-3-2-4-6-14/h7-12,14,20H,2-6,13H2,1H3/p+1. The zero-order valence-corrected chi connectivity index (χ0v) is 15.1. The number of rotatable bonds is 6. The molecule has 0 spiro atoms. The first-order valence-electron chi connectivity index (χ1n) is 8.20. The number of hydrogen-bond acceptors (Lipinski definition) is 4. The summed E-state index contributed by atoms with van der Waals surface area (Å²) in [6.07, 6.45) is 6.16. The van der Waals surface area contributed by atoms with E-state index in [0.717, 1.165) is 25.1 Å². The second-order valence-electron chi connectivity index (χ2n) is 6.00. The van der Waals surface area contributed by atoms with Gasteiger partial charge in [-0.2, -0.15) is 5.06 Å². The minimum absolute atomic E-state index is 0.420. The average molecular weight is 351 g/mol. The molecule has 1 aliphatic rings. The lowest BCUT2D eigenvalue weighted by atomic mass is 9.95. The fourth-order valence-electron chi connectivity index (χ4n) is 3.03. The van der Waals surface area contributed by atoms with E-state index < -0.39 is 0 Å². The Bertz CT molecular complexity index is 606. The summed E-state index contributed by atoms with van der Waals surface area (Å²) in [6, 6.07) is 12.9. The monoisotopic (exact) mass is 350 g/mol. The van der Waals surface area contributed by atoms with Crippen LogP contribution >= 0.6 is 23.1 Å². The largest absolute Gasteiger partial charge is 0.497 e. The molecule has 1 heterocycles. The molecule has 1 aromatic heterocycles. The number of nitrogens with one attached hydrogen (secondary N) is 1. The van der Waals surface area contributed by atoms with E-state index in [1.54, 1.807) is 30.2 Å². The fraction of sp³-hybridized carbons (Fsp3) is 0.444. The van der Waals surface area contributed by atoms with E-state index in [0.29, 0.717) is 11.1 Å². The van der Waals surface area contributed by atoms with Crippen LogP contribution < -0.4 is 9.80 Å². The van der Waals surface area contributed by atoms with Crippen LogP contribution in [0.2, 0.25) is 0 Å². The van der Waals surface area contributed by atoms with Gasteiger partial charge in [-0.05, 0) is 49.2 Å². The number of ether oxygens (including phenoxy) is 1. The van der Waals surface area contributed by atoms with E-state index in [2.05, 4.69) is 24.3 Å². The summed E-state index contributed by atoms with van der Waals surface area (Å²) < 4.78 is 6.45. The quantitative estimate of drug-likeness (QED) is 0.772. The highest BCUT2D eigenvalue weighted by Crippen LogP contribution is 2.34. The lowest BCUT2D eigenvalue weighted by Crippen LogP contribution is -3.12. The van der Waals surface area contributed by atoms with Gasteiger partial charge in [0.1, 0.15) is 18.3 Å².